The van der Waals surface area contributed by atoms with Gasteiger partial charge in [-0.3, -0.25) is 0 Å². The third kappa shape index (κ3) is 6.48. The summed E-state index contributed by atoms with van der Waals surface area (Å²) in [6.07, 6.45) is 0.535. The smallest absolute Gasteiger partial charge is 0.407 e. The Morgan fingerprint density at radius 1 is 1.47 bits per heavy atom. The van der Waals surface area contributed by atoms with E-state index in [0.29, 0.717) is 6.04 Å². The van der Waals surface area contributed by atoms with E-state index in [-0.39, 0.29) is 12.1 Å². The van der Waals surface area contributed by atoms with Gasteiger partial charge in [0.25, 0.3) is 0 Å². The fourth-order valence-corrected chi connectivity index (χ4v) is 1.44. The Hall–Kier alpha value is -0.810. The first-order chi connectivity index (χ1) is 7.87. The summed E-state index contributed by atoms with van der Waals surface area (Å²) >= 11 is 0. The average Bonchev–Trinajstić information content (AvgIpc) is 2.05. The van der Waals surface area contributed by atoms with Gasteiger partial charge in [0.1, 0.15) is 5.60 Å². The maximum atomic E-state index is 11.5. The standard InChI is InChI=1S/C12H24N2O3/c1-9(5-6-13-10-7-16-8-10)14-11(15)17-12(2,3)4/h9-10,13H,5-8H2,1-4H3,(H,14,15). The van der Waals surface area contributed by atoms with E-state index in [1.165, 1.54) is 0 Å². The number of hydrogen-bond acceptors (Lipinski definition) is 4. The summed E-state index contributed by atoms with van der Waals surface area (Å²) in [6, 6.07) is 0.599. The Balaban J connectivity index is 2.06. The number of ether oxygens (including phenoxy) is 2. The zero-order valence-corrected chi connectivity index (χ0v) is 11.2. The van der Waals surface area contributed by atoms with Gasteiger partial charge in [-0.2, -0.15) is 0 Å². The molecule has 0 aromatic carbocycles. The summed E-state index contributed by atoms with van der Waals surface area (Å²) in [7, 11) is 0. The molecule has 5 nitrogen and oxygen atoms in total. The van der Waals surface area contributed by atoms with E-state index >= 15 is 0 Å². The predicted molar refractivity (Wildman–Crippen MR) is 66.1 cm³/mol. The van der Waals surface area contributed by atoms with E-state index in [2.05, 4.69) is 10.6 Å². The second kappa shape index (κ2) is 6.21. The minimum Gasteiger partial charge on any atom is -0.444 e. The summed E-state index contributed by atoms with van der Waals surface area (Å²) in [6.45, 7) is 10.0. The van der Waals surface area contributed by atoms with E-state index in [1.54, 1.807) is 0 Å². The van der Waals surface area contributed by atoms with Gasteiger partial charge in [0, 0.05) is 6.04 Å². The molecule has 2 N–H and O–H groups in total. The van der Waals surface area contributed by atoms with Crippen LogP contribution in [0.15, 0.2) is 0 Å². The lowest BCUT2D eigenvalue weighted by molar-refractivity contribution is -0.00520. The van der Waals surface area contributed by atoms with Gasteiger partial charge < -0.3 is 20.1 Å². The number of nitrogens with one attached hydrogen (secondary N) is 2. The Morgan fingerprint density at radius 3 is 2.59 bits per heavy atom. The van der Waals surface area contributed by atoms with Gasteiger partial charge in [0.05, 0.1) is 19.3 Å². The third-order valence-electron chi connectivity index (χ3n) is 2.41. The monoisotopic (exact) mass is 244 g/mol. The Kier molecular flexibility index (Phi) is 5.21. The molecule has 1 amide bonds. The predicted octanol–water partition coefficient (Wildman–Crippen LogP) is 1.28. The van der Waals surface area contributed by atoms with Crippen molar-refractivity contribution in [3.05, 3.63) is 0 Å². The number of hydrogen-bond donors (Lipinski definition) is 2. The molecule has 17 heavy (non-hydrogen) atoms. The molecule has 0 bridgehead atoms. The molecule has 0 aromatic rings. The van der Waals surface area contributed by atoms with Crippen molar-refractivity contribution in [3.63, 3.8) is 0 Å². The number of rotatable bonds is 5. The summed E-state index contributed by atoms with van der Waals surface area (Å²) in [5.41, 5.74) is -0.439. The molecule has 0 aromatic heterocycles. The van der Waals surface area contributed by atoms with Crippen molar-refractivity contribution in [2.75, 3.05) is 19.8 Å². The number of carbonyl (C=O) groups is 1. The molecule has 1 rings (SSSR count). The number of alkyl carbamates (subject to hydrolysis) is 1. The molecule has 1 aliphatic heterocycles. The molecular formula is C12H24N2O3. The van der Waals surface area contributed by atoms with E-state index in [9.17, 15) is 4.79 Å². The van der Waals surface area contributed by atoms with Crippen LogP contribution in [0.5, 0.6) is 0 Å². The zero-order valence-electron chi connectivity index (χ0n) is 11.2. The molecule has 1 aliphatic rings. The average molecular weight is 244 g/mol. The molecule has 0 saturated carbocycles. The van der Waals surface area contributed by atoms with Gasteiger partial charge in [-0.05, 0) is 40.7 Å². The first-order valence-corrected chi connectivity index (χ1v) is 6.17. The largest absolute Gasteiger partial charge is 0.444 e. The highest BCUT2D eigenvalue weighted by Crippen LogP contribution is 2.07. The first kappa shape index (κ1) is 14.3. The highest BCUT2D eigenvalue weighted by Gasteiger charge is 2.19. The van der Waals surface area contributed by atoms with Crippen LogP contribution in [0.4, 0.5) is 4.79 Å². The van der Waals surface area contributed by atoms with Crippen molar-refractivity contribution >= 4 is 6.09 Å². The van der Waals surface area contributed by atoms with Crippen molar-refractivity contribution < 1.29 is 14.3 Å². The summed E-state index contributed by atoms with van der Waals surface area (Å²) in [5, 5.41) is 6.17. The summed E-state index contributed by atoms with van der Waals surface area (Å²) in [5.74, 6) is 0. The second-order valence-electron chi connectivity index (χ2n) is 5.52. The fourth-order valence-electron chi connectivity index (χ4n) is 1.44. The maximum Gasteiger partial charge on any atom is 0.407 e. The van der Waals surface area contributed by atoms with Gasteiger partial charge in [-0.1, -0.05) is 0 Å². The molecule has 0 aliphatic carbocycles. The van der Waals surface area contributed by atoms with Crippen LogP contribution >= 0.6 is 0 Å². The van der Waals surface area contributed by atoms with Gasteiger partial charge in [0.2, 0.25) is 0 Å². The first-order valence-electron chi connectivity index (χ1n) is 6.17. The van der Waals surface area contributed by atoms with Crippen LogP contribution in [0.25, 0.3) is 0 Å². The molecule has 1 heterocycles. The third-order valence-corrected chi connectivity index (χ3v) is 2.41. The van der Waals surface area contributed by atoms with Crippen LogP contribution in [-0.2, 0) is 9.47 Å². The quantitative estimate of drug-likeness (QED) is 0.765. The van der Waals surface area contributed by atoms with Gasteiger partial charge in [-0.25, -0.2) is 4.79 Å². The minimum atomic E-state index is -0.439. The van der Waals surface area contributed by atoms with E-state index < -0.39 is 5.60 Å². The van der Waals surface area contributed by atoms with Crippen molar-refractivity contribution in [1.82, 2.24) is 10.6 Å². The van der Waals surface area contributed by atoms with Crippen LogP contribution < -0.4 is 10.6 Å². The molecule has 5 heteroatoms. The number of carbonyl (C=O) groups excluding carboxylic acids is 1. The molecule has 1 fully saturated rings. The van der Waals surface area contributed by atoms with Crippen LogP contribution in [0.1, 0.15) is 34.1 Å². The number of amides is 1. The lowest BCUT2D eigenvalue weighted by Gasteiger charge is -2.27. The Labute approximate surface area is 103 Å². The van der Waals surface area contributed by atoms with Crippen molar-refractivity contribution in [1.29, 1.82) is 0 Å². The van der Waals surface area contributed by atoms with Crippen LogP contribution in [-0.4, -0.2) is 43.5 Å². The lowest BCUT2D eigenvalue weighted by Crippen LogP contribution is -2.47. The normalized spacial score (nSPS) is 18.4. The topological polar surface area (TPSA) is 59.6 Å². The lowest BCUT2D eigenvalue weighted by atomic mass is 10.2. The fraction of sp³-hybridized carbons (Fsp3) is 0.917. The van der Waals surface area contributed by atoms with E-state index in [1.807, 2.05) is 27.7 Å². The minimum absolute atomic E-state index is 0.110. The molecule has 1 unspecified atom stereocenters. The molecule has 1 saturated heterocycles. The molecule has 0 spiro atoms. The van der Waals surface area contributed by atoms with Crippen molar-refractivity contribution in [3.8, 4) is 0 Å². The van der Waals surface area contributed by atoms with Crippen molar-refractivity contribution in [2.24, 2.45) is 0 Å². The van der Waals surface area contributed by atoms with Crippen LogP contribution in [0.2, 0.25) is 0 Å². The van der Waals surface area contributed by atoms with E-state index in [0.717, 1.165) is 26.2 Å². The Morgan fingerprint density at radius 2 is 2.12 bits per heavy atom. The zero-order chi connectivity index (χ0) is 12.9. The van der Waals surface area contributed by atoms with Gasteiger partial charge in [-0.15, -0.1) is 0 Å². The SMILES string of the molecule is CC(CCNC1COC1)NC(=O)OC(C)(C)C. The molecule has 1 atom stereocenters. The Bertz CT molecular complexity index is 247. The van der Waals surface area contributed by atoms with Crippen LogP contribution in [0, 0.1) is 0 Å². The summed E-state index contributed by atoms with van der Waals surface area (Å²) in [4.78, 5) is 11.5. The highest BCUT2D eigenvalue weighted by molar-refractivity contribution is 5.67. The van der Waals surface area contributed by atoms with E-state index in [4.69, 9.17) is 9.47 Å². The molecular weight excluding hydrogens is 220 g/mol. The molecule has 0 radical (unpaired) electrons. The maximum absolute atomic E-state index is 11.5. The van der Waals surface area contributed by atoms with Gasteiger partial charge in [0.15, 0.2) is 0 Å². The summed E-state index contributed by atoms with van der Waals surface area (Å²) < 4.78 is 10.2. The second-order valence-corrected chi connectivity index (χ2v) is 5.52. The van der Waals surface area contributed by atoms with Crippen LogP contribution in [0.3, 0.4) is 0 Å². The highest BCUT2D eigenvalue weighted by atomic mass is 16.6. The molecule has 100 valence electrons. The van der Waals surface area contributed by atoms with Crippen molar-refractivity contribution in [2.45, 2.75) is 51.8 Å². The van der Waals surface area contributed by atoms with Gasteiger partial charge >= 0.3 is 6.09 Å².